The molecule has 1 aliphatic carbocycles. The molecule has 0 radical (unpaired) electrons. The number of ether oxygens (including phenoxy) is 1. The Morgan fingerprint density at radius 1 is 1.29 bits per heavy atom. The fraction of sp³-hybridized carbons (Fsp3) is 0.647. The molecular formula is C17H29ClN2O. The Hall–Kier alpha value is -0.770. The molecule has 0 fully saturated rings. The molecule has 0 bridgehead atoms. The summed E-state index contributed by atoms with van der Waals surface area (Å²) in [6.07, 6.45) is 3.51. The lowest BCUT2D eigenvalue weighted by Crippen LogP contribution is -2.32. The number of fused-ring (bicyclic) bond motifs is 1. The molecule has 1 aliphatic rings. The van der Waals surface area contributed by atoms with Crippen LogP contribution in [0.1, 0.15) is 43.9 Å². The number of aryl methyl sites for hydroxylation is 1. The van der Waals surface area contributed by atoms with Crippen molar-refractivity contribution in [1.82, 2.24) is 4.90 Å². The quantitative estimate of drug-likeness (QED) is 0.875. The van der Waals surface area contributed by atoms with Crippen LogP contribution >= 0.6 is 12.4 Å². The Kier molecular flexibility index (Phi) is 7.50. The third-order valence-electron chi connectivity index (χ3n) is 4.71. The van der Waals surface area contributed by atoms with Crippen molar-refractivity contribution in [2.45, 2.75) is 39.2 Å². The Labute approximate surface area is 135 Å². The molecular weight excluding hydrogens is 284 g/mol. The van der Waals surface area contributed by atoms with E-state index in [1.165, 1.54) is 24.0 Å². The van der Waals surface area contributed by atoms with Crippen LogP contribution in [0.25, 0.3) is 0 Å². The molecule has 2 N–H and O–H groups in total. The Morgan fingerprint density at radius 2 is 2.00 bits per heavy atom. The van der Waals surface area contributed by atoms with Crippen LogP contribution in [0.2, 0.25) is 0 Å². The average molecular weight is 313 g/mol. The zero-order chi connectivity index (χ0) is 14.5. The molecule has 0 saturated carbocycles. The van der Waals surface area contributed by atoms with E-state index in [1.807, 2.05) is 6.07 Å². The van der Waals surface area contributed by atoms with Gasteiger partial charge in [0.2, 0.25) is 0 Å². The van der Waals surface area contributed by atoms with E-state index in [9.17, 15) is 0 Å². The van der Waals surface area contributed by atoms with Crippen LogP contribution in [-0.2, 0) is 6.42 Å². The molecule has 2 rings (SSSR count). The summed E-state index contributed by atoms with van der Waals surface area (Å²) in [5.41, 5.74) is 9.15. The molecule has 120 valence electrons. The number of nitrogens with two attached hydrogens (primary N) is 1. The number of methoxy groups -OCH3 is 1. The minimum atomic E-state index is 0. The number of benzene rings is 1. The van der Waals surface area contributed by atoms with Crippen LogP contribution < -0.4 is 10.5 Å². The molecule has 21 heavy (non-hydrogen) atoms. The average Bonchev–Trinajstić information content (AvgIpc) is 2.49. The van der Waals surface area contributed by atoms with Crippen LogP contribution in [0.5, 0.6) is 5.75 Å². The number of hydrogen-bond acceptors (Lipinski definition) is 3. The van der Waals surface area contributed by atoms with E-state index in [-0.39, 0.29) is 18.4 Å². The highest BCUT2D eigenvalue weighted by Gasteiger charge is 2.29. The second-order valence-corrected chi connectivity index (χ2v) is 5.67. The summed E-state index contributed by atoms with van der Waals surface area (Å²) in [5.74, 6) is 1.53. The van der Waals surface area contributed by atoms with Crippen molar-refractivity contribution in [1.29, 1.82) is 0 Å². The first kappa shape index (κ1) is 18.3. The third kappa shape index (κ3) is 4.12. The highest BCUT2D eigenvalue weighted by molar-refractivity contribution is 5.85. The van der Waals surface area contributed by atoms with Crippen LogP contribution in [0, 0.1) is 5.92 Å². The number of halogens is 1. The van der Waals surface area contributed by atoms with E-state index in [2.05, 4.69) is 30.9 Å². The molecule has 0 saturated heterocycles. The van der Waals surface area contributed by atoms with Crippen LogP contribution in [0.3, 0.4) is 0 Å². The molecule has 0 spiro atoms. The van der Waals surface area contributed by atoms with Crippen molar-refractivity contribution in [3.8, 4) is 5.75 Å². The summed E-state index contributed by atoms with van der Waals surface area (Å²) in [4.78, 5) is 2.48. The smallest absolute Gasteiger partial charge is 0.123 e. The summed E-state index contributed by atoms with van der Waals surface area (Å²) in [6, 6.07) is 6.41. The SMILES string of the molecule is CCN(CC)CCC1CCc2cccc(OC)c2C1N.Cl. The van der Waals surface area contributed by atoms with Gasteiger partial charge >= 0.3 is 0 Å². The van der Waals surface area contributed by atoms with Gasteiger partial charge in [-0.25, -0.2) is 0 Å². The Bertz CT molecular complexity index is 421. The second kappa shape index (κ2) is 8.62. The standard InChI is InChI=1S/C17H28N2O.ClH/c1-4-19(5-2)12-11-14-10-9-13-7-6-8-15(20-3)16(13)17(14)18;/h6-8,14,17H,4-5,9-12,18H2,1-3H3;1H. The Balaban J connectivity index is 0.00000220. The van der Waals surface area contributed by atoms with E-state index in [0.717, 1.165) is 31.8 Å². The summed E-state index contributed by atoms with van der Waals surface area (Å²) in [5, 5.41) is 0. The van der Waals surface area contributed by atoms with E-state index < -0.39 is 0 Å². The second-order valence-electron chi connectivity index (χ2n) is 5.67. The first-order valence-electron chi connectivity index (χ1n) is 7.84. The zero-order valence-corrected chi connectivity index (χ0v) is 14.3. The number of nitrogens with zero attached hydrogens (tertiary/aromatic N) is 1. The fourth-order valence-electron chi connectivity index (χ4n) is 3.33. The largest absolute Gasteiger partial charge is 0.496 e. The van der Waals surface area contributed by atoms with Gasteiger partial charge in [0.1, 0.15) is 5.75 Å². The van der Waals surface area contributed by atoms with Crippen LogP contribution in [0.4, 0.5) is 0 Å². The third-order valence-corrected chi connectivity index (χ3v) is 4.71. The maximum atomic E-state index is 6.54. The topological polar surface area (TPSA) is 38.5 Å². The lowest BCUT2D eigenvalue weighted by molar-refractivity contribution is 0.247. The molecule has 2 atom stereocenters. The zero-order valence-electron chi connectivity index (χ0n) is 13.5. The van der Waals surface area contributed by atoms with E-state index in [4.69, 9.17) is 10.5 Å². The molecule has 1 aromatic carbocycles. The number of rotatable bonds is 6. The lowest BCUT2D eigenvalue weighted by Gasteiger charge is -2.33. The monoisotopic (exact) mass is 312 g/mol. The first-order chi connectivity index (χ1) is 9.71. The van der Waals surface area contributed by atoms with Gasteiger partial charge in [0.25, 0.3) is 0 Å². The minimum absolute atomic E-state index is 0. The van der Waals surface area contributed by atoms with E-state index in [1.54, 1.807) is 7.11 Å². The van der Waals surface area contributed by atoms with Gasteiger partial charge in [0.15, 0.2) is 0 Å². The van der Waals surface area contributed by atoms with E-state index in [0.29, 0.717) is 5.92 Å². The highest BCUT2D eigenvalue weighted by Crippen LogP contribution is 2.39. The van der Waals surface area contributed by atoms with Crippen LogP contribution in [-0.4, -0.2) is 31.6 Å². The van der Waals surface area contributed by atoms with Crippen molar-refractivity contribution < 1.29 is 4.74 Å². The minimum Gasteiger partial charge on any atom is -0.496 e. The van der Waals surface area contributed by atoms with Crippen LogP contribution in [0.15, 0.2) is 18.2 Å². The fourth-order valence-corrected chi connectivity index (χ4v) is 3.33. The van der Waals surface area contributed by atoms with Crippen molar-refractivity contribution >= 4 is 12.4 Å². The molecule has 0 aromatic heterocycles. The van der Waals surface area contributed by atoms with Crippen molar-refractivity contribution in [3.05, 3.63) is 29.3 Å². The van der Waals surface area contributed by atoms with Gasteiger partial charge in [-0.15, -0.1) is 12.4 Å². The maximum absolute atomic E-state index is 6.54. The van der Waals surface area contributed by atoms with Gasteiger partial charge in [0, 0.05) is 11.6 Å². The maximum Gasteiger partial charge on any atom is 0.123 e. The van der Waals surface area contributed by atoms with Crippen molar-refractivity contribution in [3.63, 3.8) is 0 Å². The summed E-state index contributed by atoms with van der Waals surface area (Å²) in [6.45, 7) is 7.85. The summed E-state index contributed by atoms with van der Waals surface area (Å²) < 4.78 is 5.51. The molecule has 0 aliphatic heterocycles. The van der Waals surface area contributed by atoms with Crippen molar-refractivity contribution in [2.75, 3.05) is 26.7 Å². The molecule has 4 heteroatoms. The predicted molar refractivity (Wildman–Crippen MR) is 91.4 cm³/mol. The van der Waals surface area contributed by atoms with Gasteiger partial charge < -0.3 is 15.4 Å². The van der Waals surface area contributed by atoms with Gasteiger partial charge in [-0.2, -0.15) is 0 Å². The highest BCUT2D eigenvalue weighted by atomic mass is 35.5. The molecule has 0 amide bonds. The summed E-state index contributed by atoms with van der Waals surface area (Å²) >= 11 is 0. The molecule has 2 unspecified atom stereocenters. The molecule has 0 heterocycles. The molecule has 1 aromatic rings. The van der Waals surface area contributed by atoms with Gasteiger partial charge in [-0.1, -0.05) is 26.0 Å². The van der Waals surface area contributed by atoms with Crippen molar-refractivity contribution in [2.24, 2.45) is 11.7 Å². The first-order valence-corrected chi connectivity index (χ1v) is 7.84. The normalized spacial score (nSPS) is 20.8. The van der Waals surface area contributed by atoms with Gasteiger partial charge in [-0.3, -0.25) is 0 Å². The summed E-state index contributed by atoms with van der Waals surface area (Å²) in [7, 11) is 1.74. The van der Waals surface area contributed by atoms with Gasteiger partial charge in [0.05, 0.1) is 7.11 Å². The Morgan fingerprint density at radius 3 is 2.62 bits per heavy atom. The number of hydrogen-bond donors (Lipinski definition) is 1. The van der Waals surface area contributed by atoms with E-state index >= 15 is 0 Å². The lowest BCUT2D eigenvalue weighted by atomic mass is 9.78. The predicted octanol–water partition coefficient (Wildman–Crippen LogP) is 3.41. The van der Waals surface area contributed by atoms with Gasteiger partial charge in [-0.05, 0) is 56.4 Å². The molecule has 3 nitrogen and oxygen atoms in total.